The summed E-state index contributed by atoms with van der Waals surface area (Å²) in [4.78, 5) is 22.1. The second-order valence-electron chi connectivity index (χ2n) is 4.78. The minimum atomic E-state index is -0.932. The summed E-state index contributed by atoms with van der Waals surface area (Å²) in [6, 6.07) is 12.6. The zero-order valence-electron chi connectivity index (χ0n) is 11.9. The second-order valence-corrected chi connectivity index (χ2v) is 4.78. The van der Waals surface area contributed by atoms with Crippen LogP contribution in [0.4, 0.5) is 0 Å². The van der Waals surface area contributed by atoms with E-state index >= 15 is 0 Å². The number of carboxylic acids is 1. The fraction of sp³-hybridized carbons (Fsp3) is 0.176. The van der Waals surface area contributed by atoms with Crippen molar-refractivity contribution in [1.29, 1.82) is 0 Å². The first kappa shape index (κ1) is 14.8. The van der Waals surface area contributed by atoms with E-state index in [1.807, 2.05) is 31.2 Å². The molecule has 0 radical (unpaired) electrons. The Morgan fingerprint density at radius 3 is 2.29 bits per heavy atom. The summed E-state index contributed by atoms with van der Waals surface area (Å²) >= 11 is 0. The molecule has 0 saturated carbocycles. The summed E-state index contributed by atoms with van der Waals surface area (Å²) in [6.45, 7) is 1.88. The van der Waals surface area contributed by atoms with Crippen molar-refractivity contribution < 1.29 is 19.4 Å². The largest absolute Gasteiger partial charge is 0.478 e. The smallest absolute Gasteiger partial charge is 0.335 e. The molecule has 0 bridgehead atoms. The number of methoxy groups -OCH3 is 1. The van der Waals surface area contributed by atoms with Gasteiger partial charge in [-0.3, -0.25) is 4.79 Å². The Morgan fingerprint density at radius 1 is 1.10 bits per heavy atom. The monoisotopic (exact) mass is 284 g/mol. The van der Waals surface area contributed by atoms with Gasteiger partial charge in [0, 0.05) is 0 Å². The van der Waals surface area contributed by atoms with Crippen LogP contribution in [0.15, 0.2) is 42.5 Å². The number of rotatable bonds is 4. The van der Waals surface area contributed by atoms with E-state index in [0.29, 0.717) is 0 Å². The van der Waals surface area contributed by atoms with Crippen molar-refractivity contribution in [3.8, 4) is 11.1 Å². The van der Waals surface area contributed by atoms with Crippen molar-refractivity contribution in [2.75, 3.05) is 7.11 Å². The van der Waals surface area contributed by atoms with Crippen LogP contribution in [0.3, 0.4) is 0 Å². The Morgan fingerprint density at radius 2 is 1.76 bits per heavy atom. The van der Waals surface area contributed by atoms with Gasteiger partial charge in [0.1, 0.15) is 0 Å². The molecule has 0 heterocycles. The molecule has 0 amide bonds. The van der Waals surface area contributed by atoms with Crippen molar-refractivity contribution in [3.63, 3.8) is 0 Å². The highest BCUT2D eigenvalue weighted by molar-refractivity contribution is 5.89. The lowest BCUT2D eigenvalue weighted by Gasteiger charge is -2.08. The highest BCUT2D eigenvalue weighted by Crippen LogP contribution is 2.25. The SMILES string of the molecule is COC(=O)Cc1ccc(-c2ccc(C(=O)O)cc2C)cc1. The third kappa shape index (κ3) is 3.48. The van der Waals surface area contributed by atoms with Gasteiger partial charge in [0.15, 0.2) is 0 Å². The molecule has 0 unspecified atom stereocenters. The number of hydrogen-bond acceptors (Lipinski definition) is 3. The summed E-state index contributed by atoms with van der Waals surface area (Å²) in [7, 11) is 1.37. The molecule has 4 nitrogen and oxygen atoms in total. The van der Waals surface area contributed by atoms with Gasteiger partial charge < -0.3 is 9.84 Å². The van der Waals surface area contributed by atoms with Gasteiger partial charge in [-0.1, -0.05) is 30.3 Å². The Bertz CT molecular complexity index is 672. The molecule has 4 heteroatoms. The number of carbonyl (C=O) groups is 2. The van der Waals surface area contributed by atoms with Crippen LogP contribution in [0.25, 0.3) is 11.1 Å². The molecule has 21 heavy (non-hydrogen) atoms. The van der Waals surface area contributed by atoms with Crippen molar-refractivity contribution in [2.45, 2.75) is 13.3 Å². The minimum absolute atomic E-state index is 0.244. The van der Waals surface area contributed by atoms with Crippen molar-refractivity contribution in [2.24, 2.45) is 0 Å². The number of ether oxygens (including phenoxy) is 1. The lowest BCUT2D eigenvalue weighted by atomic mass is 9.97. The number of hydrogen-bond donors (Lipinski definition) is 1. The van der Waals surface area contributed by atoms with Gasteiger partial charge in [0.05, 0.1) is 19.1 Å². The Hall–Kier alpha value is -2.62. The third-order valence-corrected chi connectivity index (χ3v) is 3.31. The van der Waals surface area contributed by atoms with Gasteiger partial charge >= 0.3 is 11.9 Å². The Labute approximate surface area is 123 Å². The molecule has 1 N–H and O–H groups in total. The quantitative estimate of drug-likeness (QED) is 0.876. The van der Waals surface area contributed by atoms with Gasteiger partial charge in [-0.05, 0) is 41.3 Å². The average Bonchev–Trinajstić information content (AvgIpc) is 2.48. The number of benzene rings is 2. The summed E-state index contributed by atoms with van der Waals surface area (Å²) in [6.07, 6.45) is 0.244. The van der Waals surface area contributed by atoms with Crippen LogP contribution in [-0.4, -0.2) is 24.2 Å². The molecule has 108 valence electrons. The van der Waals surface area contributed by atoms with E-state index in [1.165, 1.54) is 7.11 Å². The van der Waals surface area contributed by atoms with Crippen LogP contribution in [0, 0.1) is 6.92 Å². The second kappa shape index (κ2) is 6.22. The van der Waals surface area contributed by atoms with E-state index < -0.39 is 5.97 Å². The maximum atomic E-state index is 11.2. The summed E-state index contributed by atoms with van der Waals surface area (Å²) in [5, 5.41) is 8.97. The van der Waals surface area contributed by atoms with E-state index in [0.717, 1.165) is 22.3 Å². The molecule has 2 rings (SSSR count). The van der Waals surface area contributed by atoms with E-state index in [9.17, 15) is 9.59 Å². The lowest BCUT2D eigenvalue weighted by Crippen LogP contribution is -2.04. The van der Waals surface area contributed by atoms with Crippen LogP contribution < -0.4 is 0 Å². The molecule has 0 aliphatic carbocycles. The van der Waals surface area contributed by atoms with Crippen molar-refractivity contribution >= 4 is 11.9 Å². The van der Waals surface area contributed by atoms with Gasteiger partial charge in [-0.2, -0.15) is 0 Å². The first-order valence-corrected chi connectivity index (χ1v) is 6.51. The Balaban J connectivity index is 2.26. The third-order valence-electron chi connectivity index (χ3n) is 3.31. The minimum Gasteiger partial charge on any atom is -0.478 e. The van der Waals surface area contributed by atoms with Crippen LogP contribution in [0.5, 0.6) is 0 Å². The normalized spacial score (nSPS) is 10.2. The molecule has 0 aliphatic rings. The molecule has 0 saturated heterocycles. The molecule has 0 aromatic heterocycles. The fourth-order valence-electron chi connectivity index (χ4n) is 2.16. The summed E-state index contributed by atoms with van der Waals surface area (Å²) in [5.74, 6) is -1.21. The summed E-state index contributed by atoms with van der Waals surface area (Å²) < 4.78 is 4.63. The van der Waals surface area contributed by atoms with Crippen LogP contribution in [-0.2, 0) is 16.0 Å². The highest BCUT2D eigenvalue weighted by atomic mass is 16.5. The standard InChI is InChI=1S/C17H16O4/c1-11-9-14(17(19)20)7-8-15(11)13-5-3-12(4-6-13)10-16(18)21-2/h3-9H,10H2,1-2H3,(H,19,20). The van der Waals surface area contributed by atoms with Crippen LogP contribution >= 0.6 is 0 Å². The van der Waals surface area contributed by atoms with E-state index in [2.05, 4.69) is 4.74 Å². The zero-order valence-corrected chi connectivity index (χ0v) is 11.9. The number of esters is 1. The number of aryl methyl sites for hydroxylation is 1. The van der Waals surface area contributed by atoms with E-state index in [4.69, 9.17) is 5.11 Å². The number of carboxylic acid groups (broad SMARTS) is 1. The molecule has 2 aromatic rings. The van der Waals surface area contributed by atoms with E-state index in [1.54, 1.807) is 18.2 Å². The van der Waals surface area contributed by atoms with Crippen molar-refractivity contribution in [3.05, 3.63) is 59.2 Å². The predicted molar refractivity (Wildman–Crippen MR) is 79.3 cm³/mol. The molecule has 2 aromatic carbocycles. The fourth-order valence-corrected chi connectivity index (χ4v) is 2.16. The first-order valence-electron chi connectivity index (χ1n) is 6.51. The lowest BCUT2D eigenvalue weighted by molar-refractivity contribution is -0.139. The molecule has 0 spiro atoms. The topological polar surface area (TPSA) is 63.6 Å². The molecular formula is C17H16O4. The molecular weight excluding hydrogens is 268 g/mol. The van der Waals surface area contributed by atoms with Crippen LogP contribution in [0.2, 0.25) is 0 Å². The maximum Gasteiger partial charge on any atom is 0.335 e. The van der Waals surface area contributed by atoms with Crippen molar-refractivity contribution in [1.82, 2.24) is 0 Å². The van der Waals surface area contributed by atoms with Gasteiger partial charge in [-0.15, -0.1) is 0 Å². The zero-order chi connectivity index (χ0) is 15.4. The van der Waals surface area contributed by atoms with E-state index in [-0.39, 0.29) is 18.0 Å². The van der Waals surface area contributed by atoms with Gasteiger partial charge in [-0.25, -0.2) is 4.79 Å². The molecule has 0 atom stereocenters. The highest BCUT2D eigenvalue weighted by Gasteiger charge is 2.08. The first-order chi connectivity index (χ1) is 10.0. The van der Waals surface area contributed by atoms with Gasteiger partial charge in [0.25, 0.3) is 0 Å². The van der Waals surface area contributed by atoms with Gasteiger partial charge in [0.2, 0.25) is 0 Å². The average molecular weight is 284 g/mol. The van der Waals surface area contributed by atoms with Crippen LogP contribution in [0.1, 0.15) is 21.5 Å². The Kier molecular flexibility index (Phi) is 4.38. The maximum absolute atomic E-state index is 11.2. The number of carbonyl (C=O) groups excluding carboxylic acids is 1. The summed E-state index contributed by atoms with van der Waals surface area (Å²) in [5.41, 5.74) is 4.02. The predicted octanol–water partition coefficient (Wildman–Crippen LogP) is 3.08. The number of aromatic carboxylic acids is 1. The molecule has 0 aliphatic heterocycles. The molecule has 0 fully saturated rings.